The SMILES string of the molecule is COCCCNC(=O)c1cccc(C(=O)Nc2ccccc2Br)c1. The predicted molar refractivity (Wildman–Crippen MR) is 97.4 cm³/mol. The molecule has 2 aromatic rings. The number of ether oxygens (including phenoxy) is 1. The summed E-state index contributed by atoms with van der Waals surface area (Å²) in [5.41, 5.74) is 1.56. The van der Waals surface area contributed by atoms with Crippen LogP contribution in [0.2, 0.25) is 0 Å². The van der Waals surface area contributed by atoms with Crippen molar-refractivity contribution in [3.05, 3.63) is 64.1 Å². The van der Waals surface area contributed by atoms with Crippen LogP contribution in [0, 0.1) is 0 Å². The zero-order valence-corrected chi connectivity index (χ0v) is 14.9. The smallest absolute Gasteiger partial charge is 0.255 e. The second kappa shape index (κ2) is 9.20. The van der Waals surface area contributed by atoms with Crippen LogP contribution in [0.4, 0.5) is 5.69 Å². The summed E-state index contributed by atoms with van der Waals surface area (Å²) in [6.45, 7) is 1.12. The van der Waals surface area contributed by atoms with Crippen molar-refractivity contribution < 1.29 is 14.3 Å². The molecule has 0 bridgehead atoms. The molecule has 0 radical (unpaired) electrons. The molecule has 0 spiro atoms. The van der Waals surface area contributed by atoms with Crippen LogP contribution in [0.25, 0.3) is 0 Å². The summed E-state index contributed by atoms with van der Waals surface area (Å²) < 4.78 is 5.73. The predicted octanol–water partition coefficient (Wildman–Crippen LogP) is 3.47. The van der Waals surface area contributed by atoms with E-state index in [-0.39, 0.29) is 11.8 Å². The van der Waals surface area contributed by atoms with Gasteiger partial charge >= 0.3 is 0 Å². The zero-order valence-electron chi connectivity index (χ0n) is 13.3. The van der Waals surface area contributed by atoms with Crippen molar-refractivity contribution in [1.29, 1.82) is 0 Å². The van der Waals surface area contributed by atoms with Crippen molar-refractivity contribution in [3.63, 3.8) is 0 Å². The molecule has 0 aromatic heterocycles. The molecule has 0 atom stereocenters. The van der Waals surface area contributed by atoms with Crippen LogP contribution in [-0.2, 0) is 4.74 Å². The van der Waals surface area contributed by atoms with Crippen LogP contribution in [0.15, 0.2) is 53.0 Å². The average Bonchev–Trinajstić information content (AvgIpc) is 2.60. The summed E-state index contributed by atoms with van der Waals surface area (Å²) in [6.07, 6.45) is 0.741. The maximum Gasteiger partial charge on any atom is 0.255 e. The number of methoxy groups -OCH3 is 1. The standard InChI is InChI=1S/C18H19BrN2O3/c1-24-11-5-10-20-17(22)13-6-4-7-14(12-13)18(23)21-16-9-3-2-8-15(16)19/h2-4,6-9,12H,5,10-11H2,1H3,(H,20,22)(H,21,23). The molecule has 0 saturated carbocycles. The minimum atomic E-state index is -0.268. The number of carbonyl (C=O) groups excluding carboxylic acids is 2. The van der Waals surface area contributed by atoms with Crippen molar-refractivity contribution in [2.45, 2.75) is 6.42 Å². The molecule has 5 nitrogen and oxygen atoms in total. The highest BCUT2D eigenvalue weighted by Gasteiger charge is 2.11. The summed E-state index contributed by atoms with van der Waals surface area (Å²) >= 11 is 3.39. The Balaban J connectivity index is 2.02. The summed E-state index contributed by atoms with van der Waals surface area (Å²) in [4.78, 5) is 24.5. The van der Waals surface area contributed by atoms with E-state index in [1.54, 1.807) is 37.4 Å². The Hall–Kier alpha value is -2.18. The number of halogens is 1. The topological polar surface area (TPSA) is 67.4 Å². The fourth-order valence-electron chi connectivity index (χ4n) is 2.08. The quantitative estimate of drug-likeness (QED) is 0.711. The molecule has 0 aliphatic heterocycles. The van der Waals surface area contributed by atoms with Crippen LogP contribution in [0.5, 0.6) is 0 Å². The number of amides is 2. The van der Waals surface area contributed by atoms with E-state index in [9.17, 15) is 9.59 Å². The van der Waals surface area contributed by atoms with Crippen molar-refractivity contribution in [3.8, 4) is 0 Å². The van der Waals surface area contributed by atoms with Crippen molar-refractivity contribution in [1.82, 2.24) is 5.32 Å². The molecule has 0 aliphatic carbocycles. The first kappa shape index (κ1) is 18.2. The highest BCUT2D eigenvalue weighted by Crippen LogP contribution is 2.22. The minimum Gasteiger partial charge on any atom is -0.385 e. The maximum atomic E-state index is 12.4. The van der Waals surface area contributed by atoms with Gasteiger partial charge in [0.05, 0.1) is 5.69 Å². The lowest BCUT2D eigenvalue weighted by Crippen LogP contribution is -2.25. The first-order valence-corrected chi connectivity index (χ1v) is 8.34. The number of anilines is 1. The van der Waals surface area contributed by atoms with Gasteiger partial charge in [-0.25, -0.2) is 0 Å². The van der Waals surface area contributed by atoms with Gasteiger partial charge in [0.25, 0.3) is 11.8 Å². The third kappa shape index (κ3) is 5.18. The molecule has 2 N–H and O–H groups in total. The fraction of sp³-hybridized carbons (Fsp3) is 0.222. The molecule has 0 unspecified atom stereocenters. The number of nitrogens with one attached hydrogen (secondary N) is 2. The first-order valence-electron chi connectivity index (χ1n) is 7.55. The van der Waals surface area contributed by atoms with Gasteiger partial charge in [-0.05, 0) is 52.7 Å². The average molecular weight is 391 g/mol. The number of carbonyl (C=O) groups is 2. The van der Waals surface area contributed by atoms with Crippen molar-refractivity contribution >= 4 is 33.4 Å². The van der Waals surface area contributed by atoms with E-state index in [1.165, 1.54) is 0 Å². The summed E-state index contributed by atoms with van der Waals surface area (Å²) in [7, 11) is 1.62. The normalized spacial score (nSPS) is 10.2. The van der Waals surface area contributed by atoms with Gasteiger partial charge < -0.3 is 15.4 Å². The molecule has 0 fully saturated rings. The van der Waals surface area contributed by atoms with Gasteiger partial charge in [0.1, 0.15) is 0 Å². The Kier molecular flexibility index (Phi) is 6.96. The van der Waals surface area contributed by atoms with Gasteiger partial charge in [0.15, 0.2) is 0 Å². The van der Waals surface area contributed by atoms with Crippen LogP contribution >= 0.6 is 15.9 Å². The second-order valence-corrected chi connectivity index (χ2v) is 5.97. The van der Waals surface area contributed by atoms with Gasteiger partial charge in [0, 0.05) is 35.9 Å². The van der Waals surface area contributed by atoms with E-state index in [2.05, 4.69) is 26.6 Å². The highest BCUT2D eigenvalue weighted by molar-refractivity contribution is 9.10. The first-order chi connectivity index (χ1) is 11.6. The van der Waals surface area contributed by atoms with Crippen LogP contribution in [0.3, 0.4) is 0 Å². The van der Waals surface area contributed by atoms with E-state index in [0.717, 1.165) is 10.9 Å². The highest BCUT2D eigenvalue weighted by atomic mass is 79.9. The second-order valence-electron chi connectivity index (χ2n) is 5.12. The molecule has 6 heteroatoms. The molecular formula is C18H19BrN2O3. The molecule has 2 amide bonds. The molecule has 0 saturated heterocycles. The number of hydrogen-bond acceptors (Lipinski definition) is 3. The van der Waals surface area contributed by atoms with E-state index in [4.69, 9.17) is 4.74 Å². The molecular weight excluding hydrogens is 372 g/mol. The van der Waals surface area contributed by atoms with Gasteiger partial charge in [-0.1, -0.05) is 18.2 Å². The Morgan fingerprint density at radius 1 is 1.04 bits per heavy atom. The minimum absolute atomic E-state index is 0.207. The number of benzene rings is 2. The van der Waals surface area contributed by atoms with Gasteiger partial charge in [-0.15, -0.1) is 0 Å². The van der Waals surface area contributed by atoms with Crippen LogP contribution in [0.1, 0.15) is 27.1 Å². The van der Waals surface area contributed by atoms with Crippen LogP contribution in [-0.4, -0.2) is 32.1 Å². The molecule has 126 valence electrons. The Morgan fingerprint density at radius 3 is 2.46 bits per heavy atom. The Labute approximate surface area is 149 Å². The monoisotopic (exact) mass is 390 g/mol. The fourth-order valence-corrected chi connectivity index (χ4v) is 2.46. The largest absolute Gasteiger partial charge is 0.385 e. The van der Waals surface area contributed by atoms with Gasteiger partial charge in [-0.3, -0.25) is 9.59 Å². The van der Waals surface area contributed by atoms with Gasteiger partial charge in [-0.2, -0.15) is 0 Å². The maximum absolute atomic E-state index is 12.4. The molecule has 24 heavy (non-hydrogen) atoms. The van der Waals surface area contributed by atoms with Crippen LogP contribution < -0.4 is 10.6 Å². The van der Waals surface area contributed by atoms with E-state index >= 15 is 0 Å². The molecule has 0 heterocycles. The third-order valence-corrected chi connectivity index (χ3v) is 4.01. The molecule has 2 aromatic carbocycles. The lowest BCUT2D eigenvalue weighted by Gasteiger charge is -2.09. The van der Waals surface area contributed by atoms with E-state index < -0.39 is 0 Å². The Morgan fingerprint density at radius 2 is 1.75 bits per heavy atom. The lowest BCUT2D eigenvalue weighted by molar-refractivity contribution is 0.0948. The number of para-hydroxylation sites is 1. The summed E-state index contributed by atoms with van der Waals surface area (Å²) in [6, 6.07) is 14.0. The van der Waals surface area contributed by atoms with Crippen molar-refractivity contribution in [2.24, 2.45) is 0 Å². The molecule has 2 rings (SSSR count). The van der Waals surface area contributed by atoms with E-state index in [1.807, 2.05) is 18.2 Å². The van der Waals surface area contributed by atoms with Gasteiger partial charge in [0.2, 0.25) is 0 Å². The Bertz CT molecular complexity index is 719. The third-order valence-electron chi connectivity index (χ3n) is 3.32. The zero-order chi connectivity index (χ0) is 17.4. The number of rotatable bonds is 7. The van der Waals surface area contributed by atoms with Crippen molar-refractivity contribution in [2.75, 3.05) is 25.6 Å². The summed E-state index contributed by atoms with van der Waals surface area (Å²) in [5, 5.41) is 5.62. The molecule has 0 aliphatic rings. The summed E-state index contributed by atoms with van der Waals surface area (Å²) in [5.74, 6) is -0.474. The number of hydrogen-bond donors (Lipinski definition) is 2. The lowest BCUT2D eigenvalue weighted by atomic mass is 10.1. The van der Waals surface area contributed by atoms with E-state index in [0.29, 0.717) is 30.0 Å².